The van der Waals surface area contributed by atoms with E-state index in [0.29, 0.717) is 0 Å². The molecule has 0 radical (unpaired) electrons. The summed E-state index contributed by atoms with van der Waals surface area (Å²) >= 11 is 0. The van der Waals surface area contributed by atoms with Gasteiger partial charge in [0.2, 0.25) is 5.91 Å². The first kappa shape index (κ1) is 14.1. The van der Waals surface area contributed by atoms with Gasteiger partial charge >= 0.3 is 5.97 Å². The van der Waals surface area contributed by atoms with Crippen molar-refractivity contribution in [3.8, 4) is 0 Å². The van der Waals surface area contributed by atoms with Crippen LogP contribution >= 0.6 is 0 Å². The second kappa shape index (κ2) is 5.36. The summed E-state index contributed by atoms with van der Waals surface area (Å²) in [6, 6.07) is 3.00. The van der Waals surface area contributed by atoms with Crippen molar-refractivity contribution in [1.82, 2.24) is 5.32 Å². The van der Waals surface area contributed by atoms with Gasteiger partial charge < -0.3 is 14.8 Å². The topological polar surface area (TPSA) is 79.5 Å². The first-order valence-corrected chi connectivity index (χ1v) is 6.38. The number of aliphatic carboxylic acids is 1. The third-order valence-electron chi connectivity index (χ3n) is 3.44. The van der Waals surface area contributed by atoms with Gasteiger partial charge in [-0.15, -0.1) is 0 Å². The Morgan fingerprint density at radius 2 is 2.05 bits per heavy atom. The fraction of sp³-hybridized carbons (Fsp3) is 0.333. The van der Waals surface area contributed by atoms with Crippen LogP contribution in [0.2, 0.25) is 0 Å². The molecule has 1 atom stereocenters. The van der Waals surface area contributed by atoms with Gasteiger partial charge in [0.05, 0.1) is 12.7 Å². The van der Waals surface area contributed by atoms with Crippen LogP contribution in [0.5, 0.6) is 0 Å². The molecule has 5 heteroatoms. The molecule has 0 aliphatic heterocycles. The fourth-order valence-corrected chi connectivity index (χ4v) is 2.05. The van der Waals surface area contributed by atoms with E-state index >= 15 is 0 Å². The Bertz CT molecular complexity index is 672. The van der Waals surface area contributed by atoms with Crippen LogP contribution in [-0.2, 0) is 16.0 Å². The lowest BCUT2D eigenvalue weighted by molar-refractivity contribution is -0.141. The summed E-state index contributed by atoms with van der Waals surface area (Å²) in [5.41, 5.74) is 3.72. The minimum absolute atomic E-state index is 0.104. The van der Waals surface area contributed by atoms with Gasteiger partial charge in [0, 0.05) is 10.9 Å². The number of carbonyl (C=O) groups is 2. The van der Waals surface area contributed by atoms with Gasteiger partial charge in [0.1, 0.15) is 11.6 Å². The molecule has 0 saturated carbocycles. The Balaban J connectivity index is 2.21. The second-order valence-corrected chi connectivity index (χ2v) is 4.95. The number of benzene rings is 1. The molecule has 2 rings (SSSR count). The smallest absolute Gasteiger partial charge is 0.325 e. The molecule has 1 amide bonds. The lowest BCUT2D eigenvalue weighted by Crippen LogP contribution is -2.39. The zero-order valence-corrected chi connectivity index (χ0v) is 11.7. The largest absolute Gasteiger partial charge is 0.480 e. The highest BCUT2D eigenvalue weighted by atomic mass is 16.4. The molecule has 0 saturated heterocycles. The number of carboxylic acid groups (broad SMARTS) is 1. The quantitative estimate of drug-likeness (QED) is 0.896. The summed E-state index contributed by atoms with van der Waals surface area (Å²) in [5.74, 6) is -1.39. The molecular weight excluding hydrogens is 258 g/mol. The van der Waals surface area contributed by atoms with Crippen molar-refractivity contribution in [3.05, 3.63) is 35.1 Å². The zero-order valence-electron chi connectivity index (χ0n) is 11.7. The Hall–Kier alpha value is -2.30. The van der Waals surface area contributed by atoms with Gasteiger partial charge in [-0.2, -0.15) is 0 Å². The molecule has 106 valence electrons. The maximum absolute atomic E-state index is 11.8. The second-order valence-electron chi connectivity index (χ2n) is 4.95. The molecule has 2 aromatic rings. The lowest BCUT2D eigenvalue weighted by atomic mass is 10.0. The zero-order chi connectivity index (χ0) is 14.9. The molecule has 1 heterocycles. The number of nitrogens with one attached hydrogen (secondary N) is 1. The SMILES string of the molecule is Cc1ccc2c(CC(=O)NC(C)C(=O)O)coc2c1C. The minimum Gasteiger partial charge on any atom is -0.480 e. The number of carbonyl (C=O) groups excluding carboxylic acids is 1. The van der Waals surface area contributed by atoms with E-state index in [2.05, 4.69) is 5.32 Å². The van der Waals surface area contributed by atoms with Gasteiger partial charge in [0.25, 0.3) is 0 Å². The summed E-state index contributed by atoms with van der Waals surface area (Å²) < 4.78 is 5.52. The highest BCUT2D eigenvalue weighted by Gasteiger charge is 2.17. The van der Waals surface area contributed by atoms with Gasteiger partial charge in [-0.05, 0) is 31.9 Å². The van der Waals surface area contributed by atoms with Crippen LogP contribution in [-0.4, -0.2) is 23.0 Å². The van der Waals surface area contributed by atoms with E-state index in [0.717, 1.165) is 27.7 Å². The number of rotatable bonds is 4. The van der Waals surface area contributed by atoms with E-state index in [1.165, 1.54) is 6.92 Å². The van der Waals surface area contributed by atoms with E-state index in [-0.39, 0.29) is 12.3 Å². The predicted molar refractivity (Wildman–Crippen MR) is 74.6 cm³/mol. The summed E-state index contributed by atoms with van der Waals surface area (Å²) in [6.45, 7) is 5.40. The minimum atomic E-state index is -1.05. The van der Waals surface area contributed by atoms with Crippen molar-refractivity contribution in [3.63, 3.8) is 0 Å². The van der Waals surface area contributed by atoms with Crippen LogP contribution < -0.4 is 5.32 Å². The highest BCUT2D eigenvalue weighted by Crippen LogP contribution is 2.26. The first-order chi connectivity index (χ1) is 9.40. The Labute approximate surface area is 116 Å². The molecule has 1 aromatic carbocycles. The van der Waals surface area contributed by atoms with E-state index < -0.39 is 12.0 Å². The summed E-state index contributed by atoms with van der Waals surface area (Å²) in [6.07, 6.45) is 1.66. The lowest BCUT2D eigenvalue weighted by Gasteiger charge is -2.08. The number of amides is 1. The monoisotopic (exact) mass is 275 g/mol. The molecule has 0 aliphatic carbocycles. The van der Waals surface area contributed by atoms with Crippen LogP contribution in [0.3, 0.4) is 0 Å². The van der Waals surface area contributed by atoms with Crippen LogP contribution in [0.4, 0.5) is 0 Å². The van der Waals surface area contributed by atoms with Gasteiger partial charge in [-0.1, -0.05) is 12.1 Å². The summed E-state index contributed by atoms with van der Waals surface area (Å²) in [4.78, 5) is 22.5. The maximum atomic E-state index is 11.8. The average molecular weight is 275 g/mol. The normalized spacial score (nSPS) is 12.3. The van der Waals surface area contributed by atoms with Crippen molar-refractivity contribution in [2.75, 3.05) is 0 Å². The van der Waals surface area contributed by atoms with Crippen LogP contribution in [0.15, 0.2) is 22.8 Å². The fourth-order valence-electron chi connectivity index (χ4n) is 2.05. The molecular formula is C15H17NO4. The van der Waals surface area contributed by atoms with Crippen LogP contribution in [0.1, 0.15) is 23.6 Å². The van der Waals surface area contributed by atoms with Crippen molar-refractivity contribution in [1.29, 1.82) is 0 Å². The van der Waals surface area contributed by atoms with Crippen molar-refractivity contribution in [2.24, 2.45) is 0 Å². The molecule has 0 spiro atoms. The maximum Gasteiger partial charge on any atom is 0.325 e. The van der Waals surface area contributed by atoms with E-state index in [1.54, 1.807) is 6.26 Å². The third kappa shape index (κ3) is 2.66. The standard InChI is InChI=1S/C15H17NO4/c1-8-4-5-12-11(7-20-14(12)9(8)2)6-13(17)16-10(3)15(18)19/h4-5,7,10H,6H2,1-3H3,(H,16,17)(H,18,19). The van der Waals surface area contributed by atoms with Gasteiger partial charge in [-0.25, -0.2) is 0 Å². The first-order valence-electron chi connectivity index (χ1n) is 6.38. The van der Waals surface area contributed by atoms with Gasteiger partial charge in [0.15, 0.2) is 0 Å². The molecule has 0 aliphatic rings. The number of hydrogen-bond acceptors (Lipinski definition) is 3. The summed E-state index contributed by atoms with van der Waals surface area (Å²) in [7, 11) is 0. The molecule has 5 nitrogen and oxygen atoms in total. The number of aryl methyl sites for hydroxylation is 2. The Morgan fingerprint density at radius 1 is 1.35 bits per heavy atom. The molecule has 0 fully saturated rings. The van der Waals surface area contributed by atoms with Crippen LogP contribution in [0.25, 0.3) is 11.0 Å². The Morgan fingerprint density at radius 3 is 2.70 bits per heavy atom. The molecule has 0 bridgehead atoms. The molecule has 1 unspecified atom stereocenters. The summed E-state index contributed by atoms with van der Waals surface area (Å²) in [5, 5.41) is 12.1. The van der Waals surface area contributed by atoms with Crippen LogP contribution in [0, 0.1) is 13.8 Å². The number of carboxylic acids is 1. The van der Waals surface area contributed by atoms with Gasteiger partial charge in [-0.3, -0.25) is 9.59 Å². The van der Waals surface area contributed by atoms with E-state index in [4.69, 9.17) is 9.52 Å². The molecule has 20 heavy (non-hydrogen) atoms. The number of hydrogen-bond donors (Lipinski definition) is 2. The highest BCUT2D eigenvalue weighted by molar-refractivity contribution is 5.91. The van der Waals surface area contributed by atoms with E-state index in [1.807, 2.05) is 26.0 Å². The number of furan rings is 1. The van der Waals surface area contributed by atoms with E-state index in [9.17, 15) is 9.59 Å². The van der Waals surface area contributed by atoms with Crippen molar-refractivity contribution in [2.45, 2.75) is 33.2 Å². The average Bonchev–Trinajstić information content (AvgIpc) is 2.77. The Kier molecular flexibility index (Phi) is 3.79. The molecule has 1 aromatic heterocycles. The third-order valence-corrected chi connectivity index (χ3v) is 3.44. The number of fused-ring (bicyclic) bond motifs is 1. The van der Waals surface area contributed by atoms with Crippen molar-refractivity contribution < 1.29 is 19.1 Å². The van der Waals surface area contributed by atoms with Crippen molar-refractivity contribution >= 4 is 22.8 Å². The predicted octanol–water partition coefficient (Wildman–Crippen LogP) is 2.18. The molecule has 2 N–H and O–H groups in total.